The van der Waals surface area contributed by atoms with Crippen LogP contribution in [-0.4, -0.2) is 58.5 Å². The molecule has 7 heteroatoms. The first-order valence-electron chi connectivity index (χ1n) is 9.39. The van der Waals surface area contributed by atoms with E-state index in [-0.39, 0.29) is 61.8 Å². The zero-order chi connectivity index (χ0) is 20.6. The summed E-state index contributed by atoms with van der Waals surface area (Å²) >= 11 is 0. The molecule has 0 saturated carbocycles. The number of rotatable bonds is 13. The van der Waals surface area contributed by atoms with Gasteiger partial charge in [0.15, 0.2) is 11.6 Å². The van der Waals surface area contributed by atoms with Crippen molar-refractivity contribution < 1.29 is 28.6 Å². The molecule has 0 aromatic rings. The Hall–Kier alpha value is -1.21. The molecule has 0 aliphatic rings. The molecule has 2 unspecified atom stereocenters. The molecular formula is C24H54BO6. The Morgan fingerprint density at radius 2 is 1.32 bits per heavy atom. The van der Waals surface area contributed by atoms with Crippen LogP contribution in [-0.2, 0) is 28.6 Å². The highest BCUT2D eigenvalue weighted by Crippen LogP contribution is 2.20. The Balaban J connectivity index is -0.0000000840. The minimum atomic E-state index is -0.634. The molecule has 0 heterocycles. The molecule has 0 aliphatic carbocycles. The summed E-state index contributed by atoms with van der Waals surface area (Å²) in [4.78, 5) is 32.8. The quantitative estimate of drug-likeness (QED) is 0.194. The van der Waals surface area contributed by atoms with Crippen molar-refractivity contribution in [1.29, 1.82) is 0 Å². The Morgan fingerprint density at radius 1 is 0.871 bits per heavy atom. The summed E-state index contributed by atoms with van der Waals surface area (Å²) < 4.78 is 14.8. The van der Waals surface area contributed by atoms with Gasteiger partial charge in [0.1, 0.15) is 11.7 Å². The van der Waals surface area contributed by atoms with E-state index in [1.54, 1.807) is 21.0 Å². The van der Waals surface area contributed by atoms with Crippen molar-refractivity contribution in [2.24, 2.45) is 0 Å². The molecule has 31 heavy (non-hydrogen) atoms. The Kier molecular flexibility index (Phi) is 44.2. The van der Waals surface area contributed by atoms with Gasteiger partial charge < -0.3 is 14.2 Å². The van der Waals surface area contributed by atoms with Crippen LogP contribution >= 0.6 is 0 Å². The molecular weight excluding hydrogens is 395 g/mol. The average Bonchev–Trinajstić information content (AvgIpc) is 2.60. The molecule has 0 aromatic heterocycles. The van der Waals surface area contributed by atoms with Crippen LogP contribution in [0, 0.1) is 0 Å². The Labute approximate surface area is 196 Å². The summed E-state index contributed by atoms with van der Waals surface area (Å²) in [6.45, 7) is 8.93. The van der Waals surface area contributed by atoms with Gasteiger partial charge in [0.2, 0.25) is 0 Å². The predicted molar refractivity (Wildman–Crippen MR) is 135 cm³/mol. The van der Waals surface area contributed by atoms with Gasteiger partial charge in [-0.2, -0.15) is 0 Å². The maximum Gasteiger partial charge on any atom is 0.305 e. The topological polar surface area (TPSA) is 78.9 Å². The maximum atomic E-state index is 11.4. The van der Waals surface area contributed by atoms with Crippen LogP contribution in [0.4, 0.5) is 0 Å². The number of Topliss-reactive ketones (excluding diaryl/α,β-unsaturated/α-hetero) is 2. The second kappa shape index (κ2) is 28.8. The van der Waals surface area contributed by atoms with Crippen LogP contribution in [0.2, 0.25) is 0 Å². The maximum absolute atomic E-state index is 11.4. The number of hydrogen-bond donors (Lipinski definition) is 0. The van der Waals surface area contributed by atoms with E-state index in [9.17, 15) is 14.4 Å². The number of unbranched alkanes of at least 4 members (excludes halogenated alkanes) is 4. The smallest absolute Gasteiger partial charge is 0.305 e. The fourth-order valence-corrected chi connectivity index (χ4v) is 2.08. The van der Waals surface area contributed by atoms with E-state index in [1.807, 2.05) is 13.8 Å². The first-order valence-corrected chi connectivity index (χ1v) is 9.39. The van der Waals surface area contributed by atoms with Crippen LogP contribution in [0.1, 0.15) is 109 Å². The lowest BCUT2D eigenvalue weighted by molar-refractivity contribution is -0.143. The normalized spacial score (nSPS) is 11.6. The first kappa shape index (κ1) is 47.5. The number of carbonyl (C=O) groups is 3. The molecule has 2 atom stereocenters. The Bertz CT molecular complexity index is 415. The van der Waals surface area contributed by atoms with Gasteiger partial charge >= 0.3 is 5.97 Å². The zero-order valence-corrected chi connectivity index (χ0v) is 18.3. The highest BCUT2D eigenvalue weighted by Gasteiger charge is 2.28. The van der Waals surface area contributed by atoms with E-state index in [4.69, 9.17) is 9.47 Å². The molecule has 0 bridgehead atoms. The van der Waals surface area contributed by atoms with E-state index in [0.29, 0.717) is 13.0 Å². The minimum absolute atomic E-state index is 0. The van der Waals surface area contributed by atoms with Crippen LogP contribution in [0.25, 0.3) is 0 Å². The predicted octanol–water partition coefficient (Wildman–Crippen LogP) is 6.05. The third-order valence-corrected chi connectivity index (χ3v) is 4.46. The highest BCUT2D eigenvalue weighted by atomic mass is 16.5. The van der Waals surface area contributed by atoms with Crippen molar-refractivity contribution in [3.8, 4) is 0 Å². The molecule has 0 fully saturated rings. The molecule has 0 amide bonds. The van der Waals surface area contributed by atoms with Crippen molar-refractivity contribution in [1.82, 2.24) is 0 Å². The molecule has 0 aliphatic heterocycles. The molecule has 6 nitrogen and oxygen atoms in total. The van der Waals surface area contributed by atoms with E-state index in [0.717, 1.165) is 38.5 Å². The molecule has 0 saturated heterocycles. The molecule has 0 aromatic carbocycles. The summed E-state index contributed by atoms with van der Waals surface area (Å²) in [6.07, 6.45) is 6.07. The number of methoxy groups -OCH3 is 2. The monoisotopic (exact) mass is 449 g/mol. The number of hydrogen-bond acceptors (Lipinski definition) is 6. The summed E-state index contributed by atoms with van der Waals surface area (Å²) in [5.74, 6) is 0.0471. The number of carbonyl (C=O) groups excluding carboxylic acids is 3. The average molecular weight is 450 g/mol. The van der Waals surface area contributed by atoms with Gasteiger partial charge in [-0.05, 0) is 47.5 Å². The molecule has 0 N–H and O–H groups in total. The zero-order valence-electron chi connectivity index (χ0n) is 18.3. The van der Waals surface area contributed by atoms with E-state index >= 15 is 0 Å². The second-order valence-electron chi connectivity index (χ2n) is 6.55. The van der Waals surface area contributed by atoms with Crippen LogP contribution in [0.15, 0.2) is 0 Å². The van der Waals surface area contributed by atoms with Crippen LogP contribution < -0.4 is 0 Å². The summed E-state index contributed by atoms with van der Waals surface area (Å²) in [5.41, 5.74) is -0.634. The molecule has 0 spiro atoms. The summed E-state index contributed by atoms with van der Waals surface area (Å²) in [5, 5.41) is 0. The van der Waals surface area contributed by atoms with Gasteiger partial charge in [0.25, 0.3) is 0 Å². The van der Waals surface area contributed by atoms with Gasteiger partial charge in [-0.1, -0.05) is 55.4 Å². The highest BCUT2D eigenvalue weighted by molar-refractivity contribution is 5.84. The van der Waals surface area contributed by atoms with Gasteiger partial charge in [-0.15, -0.1) is 0 Å². The third-order valence-electron chi connectivity index (χ3n) is 4.46. The largest absolute Gasteiger partial charge is 0.466 e. The molecule has 0 rings (SSSR count). The lowest BCUT2D eigenvalue weighted by atomic mass is 9.94. The van der Waals surface area contributed by atoms with Crippen molar-refractivity contribution in [3.63, 3.8) is 0 Å². The fourth-order valence-electron chi connectivity index (χ4n) is 2.08. The minimum Gasteiger partial charge on any atom is -0.466 e. The number of ketones is 2. The lowest BCUT2D eigenvalue weighted by Crippen LogP contribution is -2.35. The van der Waals surface area contributed by atoms with E-state index in [2.05, 4.69) is 4.74 Å². The van der Waals surface area contributed by atoms with Crippen LogP contribution in [0.3, 0.4) is 0 Å². The summed E-state index contributed by atoms with van der Waals surface area (Å²) in [7, 11) is 3.10. The lowest BCUT2D eigenvalue weighted by Gasteiger charge is -2.24. The standard InChI is InChI=1S/C15H28O4.C5H10O2.4CH4.B/c1-5-19-14(17)11-9-7-6-8-10-12-15(3,18-4)13(2)16;1-4(6)5(2)7-3;;;;;/h5-12H2,1-4H3;5H,1-3H3;4*1H4;. The second-order valence-corrected chi connectivity index (χ2v) is 6.55. The first-order chi connectivity index (χ1) is 12.1. The molecule has 189 valence electrons. The van der Waals surface area contributed by atoms with E-state index in [1.165, 1.54) is 14.0 Å². The van der Waals surface area contributed by atoms with Crippen molar-refractivity contribution in [3.05, 3.63) is 0 Å². The van der Waals surface area contributed by atoms with Crippen molar-refractivity contribution >= 4 is 25.9 Å². The van der Waals surface area contributed by atoms with Gasteiger partial charge in [0.05, 0.1) is 6.61 Å². The number of ether oxygens (including phenoxy) is 3. The van der Waals surface area contributed by atoms with Gasteiger partial charge in [-0.3, -0.25) is 14.4 Å². The summed E-state index contributed by atoms with van der Waals surface area (Å²) in [6, 6.07) is 0. The molecule has 3 radical (unpaired) electrons. The number of esters is 1. The van der Waals surface area contributed by atoms with Gasteiger partial charge in [-0.25, -0.2) is 0 Å². The SMILES string of the molecule is C.C.C.C.CCOC(=O)CCCCCCCC(C)(OC)C(C)=O.COC(C)C(C)=O.[B]. The van der Waals surface area contributed by atoms with Crippen LogP contribution in [0.5, 0.6) is 0 Å². The van der Waals surface area contributed by atoms with Crippen molar-refractivity contribution in [2.45, 2.75) is 121 Å². The van der Waals surface area contributed by atoms with E-state index < -0.39 is 5.60 Å². The van der Waals surface area contributed by atoms with Crippen molar-refractivity contribution in [2.75, 3.05) is 20.8 Å². The Morgan fingerprint density at radius 3 is 1.65 bits per heavy atom. The fraction of sp³-hybridized carbons (Fsp3) is 0.875. The third kappa shape index (κ3) is 26.8. The van der Waals surface area contributed by atoms with Gasteiger partial charge in [0, 0.05) is 29.1 Å².